The number of unbranched alkanes of at least 4 members (excludes halogenated alkanes) is 1. The van der Waals surface area contributed by atoms with Gasteiger partial charge in [-0.2, -0.15) is 0 Å². The van der Waals surface area contributed by atoms with Gasteiger partial charge in [-0.05, 0) is 95.9 Å². The molecule has 0 aromatic carbocycles. The van der Waals surface area contributed by atoms with E-state index in [4.69, 9.17) is 0 Å². The molecule has 1 rings (SSSR count). The summed E-state index contributed by atoms with van der Waals surface area (Å²) < 4.78 is 0. The first kappa shape index (κ1) is 51.5. The van der Waals surface area contributed by atoms with Gasteiger partial charge in [0.05, 0.1) is 0 Å². The number of likely N-dealkylation sites (N-methyl/N-ethyl adjacent to an activating group) is 1. The molecule has 1 aliphatic heterocycles. The van der Waals surface area contributed by atoms with Crippen molar-refractivity contribution >= 4 is 5.91 Å². The van der Waals surface area contributed by atoms with Crippen molar-refractivity contribution in [3.63, 3.8) is 0 Å². The molecule has 0 spiro atoms. The number of piperazine rings is 1. The smallest absolute Gasteiger partial charge is 0.249 e. The number of allylic oxidation sites excluding steroid dienone is 9. The second-order valence-electron chi connectivity index (χ2n) is 13.3. The molecular formula is C44H82N2O. The second-order valence-corrected chi connectivity index (χ2v) is 13.3. The van der Waals surface area contributed by atoms with E-state index in [0.717, 1.165) is 63.9 Å². The van der Waals surface area contributed by atoms with Gasteiger partial charge in [-0.25, -0.2) is 0 Å². The fourth-order valence-corrected chi connectivity index (χ4v) is 4.29. The van der Waals surface area contributed by atoms with Gasteiger partial charge < -0.3 is 9.80 Å². The van der Waals surface area contributed by atoms with Crippen LogP contribution in [0, 0.1) is 23.7 Å². The zero-order chi connectivity index (χ0) is 37.2. The number of rotatable bonds is 10. The largest absolute Gasteiger partial charge is 0.336 e. The molecule has 0 atom stereocenters. The van der Waals surface area contributed by atoms with E-state index in [9.17, 15) is 4.79 Å². The van der Waals surface area contributed by atoms with Crippen molar-refractivity contribution in [3.8, 4) is 11.8 Å². The average Bonchev–Trinajstić information content (AvgIpc) is 3.01. The third kappa shape index (κ3) is 33.4. The van der Waals surface area contributed by atoms with Gasteiger partial charge in [0.15, 0.2) is 0 Å². The van der Waals surface area contributed by atoms with Crippen LogP contribution in [0.2, 0.25) is 0 Å². The molecule has 0 aliphatic carbocycles. The van der Waals surface area contributed by atoms with Crippen LogP contribution >= 0.6 is 0 Å². The molecule has 1 aliphatic rings. The van der Waals surface area contributed by atoms with Gasteiger partial charge in [-0.1, -0.05) is 125 Å². The number of nitrogens with zero attached hydrogens (tertiary/aromatic N) is 2. The number of amides is 1. The van der Waals surface area contributed by atoms with Crippen molar-refractivity contribution in [1.82, 2.24) is 9.80 Å². The Hall–Kier alpha value is -2.31. The van der Waals surface area contributed by atoms with E-state index >= 15 is 0 Å². The Morgan fingerprint density at radius 2 is 1.26 bits per heavy atom. The molecule has 0 N–H and O–H groups in total. The molecular weight excluding hydrogens is 572 g/mol. The van der Waals surface area contributed by atoms with Crippen molar-refractivity contribution in [2.24, 2.45) is 11.8 Å². The summed E-state index contributed by atoms with van der Waals surface area (Å²) in [7, 11) is 2.12. The van der Waals surface area contributed by atoms with Crippen molar-refractivity contribution in [3.05, 3.63) is 58.2 Å². The van der Waals surface area contributed by atoms with E-state index < -0.39 is 0 Å². The second kappa shape index (κ2) is 36.5. The predicted octanol–water partition coefficient (Wildman–Crippen LogP) is 13.0. The van der Waals surface area contributed by atoms with E-state index in [1.807, 2.05) is 18.7 Å². The lowest BCUT2D eigenvalue weighted by atomic mass is 9.91. The maximum absolute atomic E-state index is 13.0. The molecule has 0 bridgehead atoms. The zero-order valence-electron chi connectivity index (χ0n) is 34.8. The number of hydrogen-bond acceptors (Lipinski definition) is 2. The van der Waals surface area contributed by atoms with E-state index in [-0.39, 0.29) is 5.91 Å². The van der Waals surface area contributed by atoms with Crippen LogP contribution in [-0.4, -0.2) is 48.9 Å². The standard InChI is InChI=1S/C26H44N2O.C7H12.C5H10.2C3H8/c1-10-24(15-19(2)3)17-21(6)23(8)25(16-20(4)5)18-22(7)26(29)28-13-11-27(9)12-14-28;1-3-5-7-6-4-2;1-3-5-4-2;2*1-3-2/h10,17-20H,11-16H2,1-9H3;3-5H2,1-2H3;3,5H,4H2,1-2H3;2*3H2,1-2H3/b21-17+,22-18+,24-10+,25-23+;;5-3+;;. The van der Waals surface area contributed by atoms with E-state index in [1.165, 1.54) is 41.6 Å². The van der Waals surface area contributed by atoms with Gasteiger partial charge in [-0.3, -0.25) is 4.79 Å². The lowest BCUT2D eigenvalue weighted by molar-refractivity contribution is -0.128. The third-order valence-electron chi connectivity index (χ3n) is 6.78. The van der Waals surface area contributed by atoms with Crippen molar-refractivity contribution < 1.29 is 4.79 Å². The molecule has 47 heavy (non-hydrogen) atoms. The van der Waals surface area contributed by atoms with Gasteiger partial charge in [0.1, 0.15) is 0 Å². The SMILES string of the molecule is C/C=C(/C=C(C)/C(C)=C(/C=C(\C)C(=O)N1CCN(C)CC1)CC(C)C)CC(C)C.C/C=C/CC.CCC.CCC.CCC#CCCC. The van der Waals surface area contributed by atoms with E-state index in [0.29, 0.717) is 11.8 Å². The summed E-state index contributed by atoms with van der Waals surface area (Å²) in [5.41, 5.74) is 6.12. The Bertz CT molecular complexity index is 953. The molecule has 274 valence electrons. The summed E-state index contributed by atoms with van der Waals surface area (Å²) in [6.07, 6.45) is 19.9. The van der Waals surface area contributed by atoms with Crippen LogP contribution in [-0.2, 0) is 4.79 Å². The van der Waals surface area contributed by atoms with Gasteiger partial charge in [0.2, 0.25) is 5.91 Å². The molecule has 1 saturated heterocycles. The topological polar surface area (TPSA) is 23.6 Å². The van der Waals surface area contributed by atoms with Crippen LogP contribution in [0.15, 0.2) is 58.2 Å². The van der Waals surface area contributed by atoms with Crippen molar-refractivity contribution in [2.75, 3.05) is 33.2 Å². The Kier molecular flexibility index (Phi) is 40.0. The maximum Gasteiger partial charge on any atom is 0.249 e. The third-order valence-corrected chi connectivity index (χ3v) is 6.78. The highest BCUT2D eigenvalue weighted by Gasteiger charge is 2.20. The lowest BCUT2D eigenvalue weighted by Gasteiger charge is -2.32. The summed E-state index contributed by atoms with van der Waals surface area (Å²) >= 11 is 0. The van der Waals surface area contributed by atoms with Gasteiger partial charge in [0.25, 0.3) is 0 Å². The summed E-state index contributed by atoms with van der Waals surface area (Å²) in [4.78, 5) is 17.2. The van der Waals surface area contributed by atoms with Crippen molar-refractivity contribution in [1.29, 1.82) is 0 Å². The summed E-state index contributed by atoms with van der Waals surface area (Å²) in [5.74, 6) is 7.41. The Balaban J connectivity index is -0.000000419. The number of carbonyl (C=O) groups is 1. The van der Waals surface area contributed by atoms with Crippen LogP contribution in [0.4, 0.5) is 0 Å². The summed E-state index contributed by atoms with van der Waals surface area (Å²) in [6.45, 7) is 37.9. The minimum atomic E-state index is 0.183. The summed E-state index contributed by atoms with van der Waals surface area (Å²) in [6, 6.07) is 0. The molecule has 0 radical (unpaired) electrons. The van der Waals surface area contributed by atoms with Crippen LogP contribution in [0.5, 0.6) is 0 Å². The normalized spacial score (nSPS) is 14.4. The molecule has 1 fully saturated rings. The zero-order valence-corrected chi connectivity index (χ0v) is 34.8. The fraction of sp³-hybridized carbons (Fsp3) is 0.705. The van der Waals surface area contributed by atoms with Crippen LogP contribution in [0.3, 0.4) is 0 Å². The summed E-state index contributed by atoms with van der Waals surface area (Å²) in [5, 5.41) is 0. The van der Waals surface area contributed by atoms with Crippen LogP contribution < -0.4 is 0 Å². The minimum Gasteiger partial charge on any atom is -0.336 e. The molecule has 3 heteroatoms. The molecule has 0 aromatic heterocycles. The van der Waals surface area contributed by atoms with Gasteiger partial charge in [-0.15, -0.1) is 11.8 Å². The predicted molar refractivity (Wildman–Crippen MR) is 217 cm³/mol. The monoisotopic (exact) mass is 655 g/mol. The quantitative estimate of drug-likeness (QED) is 0.101. The minimum absolute atomic E-state index is 0.183. The van der Waals surface area contributed by atoms with Gasteiger partial charge >= 0.3 is 0 Å². The molecule has 1 amide bonds. The Morgan fingerprint density at radius 1 is 0.745 bits per heavy atom. The highest BCUT2D eigenvalue weighted by Crippen LogP contribution is 2.25. The molecule has 1 heterocycles. The molecule has 0 unspecified atom stereocenters. The van der Waals surface area contributed by atoms with Crippen LogP contribution in [0.1, 0.15) is 162 Å². The molecule has 3 nitrogen and oxygen atoms in total. The van der Waals surface area contributed by atoms with E-state index in [2.05, 4.69) is 151 Å². The van der Waals surface area contributed by atoms with Crippen molar-refractivity contribution in [2.45, 2.75) is 162 Å². The maximum atomic E-state index is 13.0. The first-order valence-electron chi connectivity index (χ1n) is 19.0. The fourth-order valence-electron chi connectivity index (χ4n) is 4.29. The number of carbonyl (C=O) groups excluding carboxylic acids is 1. The van der Waals surface area contributed by atoms with Gasteiger partial charge in [0, 0.05) is 44.6 Å². The first-order valence-corrected chi connectivity index (χ1v) is 19.0. The Labute approximate surface area is 297 Å². The first-order chi connectivity index (χ1) is 22.2. The average molecular weight is 655 g/mol. The molecule has 0 aromatic rings. The highest BCUT2D eigenvalue weighted by atomic mass is 16.2. The number of hydrogen-bond donors (Lipinski definition) is 0. The Morgan fingerprint density at radius 3 is 1.62 bits per heavy atom. The molecule has 0 saturated carbocycles. The van der Waals surface area contributed by atoms with E-state index in [1.54, 1.807) is 0 Å². The van der Waals surface area contributed by atoms with Crippen LogP contribution in [0.25, 0.3) is 0 Å². The highest BCUT2D eigenvalue weighted by molar-refractivity contribution is 5.93. The lowest BCUT2D eigenvalue weighted by Crippen LogP contribution is -2.47.